The highest BCUT2D eigenvalue weighted by atomic mass is 16.2. The fraction of sp³-hybridized carbons (Fsp3) is 0.312. The van der Waals surface area contributed by atoms with E-state index in [0.717, 1.165) is 5.56 Å². The molecule has 1 heterocycles. The smallest absolute Gasteiger partial charge is 0.251 e. The molecule has 3 N–H and O–H groups in total. The van der Waals surface area contributed by atoms with Gasteiger partial charge in [-0.25, -0.2) is 4.98 Å². The zero-order valence-corrected chi connectivity index (χ0v) is 12.7. The first-order chi connectivity index (χ1) is 10.6. The Hall–Kier alpha value is -2.47. The molecule has 1 aromatic carbocycles. The Kier molecular flexibility index (Phi) is 5.43. The first kappa shape index (κ1) is 15.9. The van der Waals surface area contributed by atoms with Crippen LogP contribution < -0.4 is 16.2 Å². The molecular formula is C16H20N4O2. The average Bonchev–Trinajstić information content (AvgIpc) is 2.48. The van der Waals surface area contributed by atoms with Gasteiger partial charge >= 0.3 is 0 Å². The first-order valence-corrected chi connectivity index (χ1v) is 7.17. The van der Waals surface area contributed by atoms with Crippen LogP contribution in [0.1, 0.15) is 23.1 Å². The maximum Gasteiger partial charge on any atom is 0.251 e. The molecule has 0 radical (unpaired) electrons. The van der Waals surface area contributed by atoms with E-state index in [1.165, 1.54) is 6.07 Å². The summed E-state index contributed by atoms with van der Waals surface area (Å²) in [4.78, 5) is 30.5. The number of benzene rings is 1. The van der Waals surface area contributed by atoms with Gasteiger partial charge < -0.3 is 15.6 Å². The number of amides is 1. The predicted molar refractivity (Wildman–Crippen MR) is 84.6 cm³/mol. The summed E-state index contributed by atoms with van der Waals surface area (Å²) in [6.07, 6.45) is 0.480. The number of aromatic nitrogens is 2. The molecular weight excluding hydrogens is 280 g/mol. The third-order valence-electron chi connectivity index (χ3n) is 3.26. The average molecular weight is 300 g/mol. The molecule has 1 aromatic heterocycles. The molecule has 1 atom stereocenters. The molecule has 1 amide bonds. The molecule has 0 aliphatic heterocycles. The van der Waals surface area contributed by atoms with Crippen molar-refractivity contribution in [2.75, 3.05) is 13.6 Å². The Morgan fingerprint density at radius 1 is 1.32 bits per heavy atom. The number of carbonyl (C=O) groups is 1. The summed E-state index contributed by atoms with van der Waals surface area (Å²) in [5, 5.41) is 5.86. The number of H-pyrrole nitrogens is 1. The molecule has 0 spiro atoms. The largest absolute Gasteiger partial charge is 0.354 e. The van der Waals surface area contributed by atoms with Gasteiger partial charge in [0.25, 0.3) is 5.56 Å². The topological polar surface area (TPSA) is 86.9 Å². The summed E-state index contributed by atoms with van der Waals surface area (Å²) in [6, 6.07) is 10.6. The van der Waals surface area contributed by atoms with E-state index in [4.69, 9.17) is 0 Å². The second-order valence-electron chi connectivity index (χ2n) is 5.01. The van der Waals surface area contributed by atoms with E-state index in [1.54, 1.807) is 14.0 Å². The molecule has 6 heteroatoms. The number of rotatable bonds is 6. The van der Waals surface area contributed by atoms with Crippen molar-refractivity contribution in [3.8, 4) is 0 Å². The summed E-state index contributed by atoms with van der Waals surface area (Å²) in [5.41, 5.74) is 1.40. The number of hydrogen-bond acceptors (Lipinski definition) is 4. The lowest BCUT2D eigenvalue weighted by molar-refractivity contribution is -0.123. The van der Waals surface area contributed by atoms with Crippen molar-refractivity contribution >= 4 is 5.91 Å². The van der Waals surface area contributed by atoms with E-state index in [1.807, 2.05) is 30.3 Å². The maximum atomic E-state index is 12.2. The third kappa shape index (κ3) is 4.26. The minimum atomic E-state index is -0.397. The molecule has 116 valence electrons. The third-order valence-corrected chi connectivity index (χ3v) is 3.26. The van der Waals surface area contributed by atoms with E-state index in [-0.39, 0.29) is 11.5 Å². The molecule has 6 nitrogen and oxygen atoms in total. The number of hydrogen-bond donors (Lipinski definition) is 3. The second-order valence-corrected chi connectivity index (χ2v) is 5.01. The molecule has 0 aliphatic rings. The van der Waals surface area contributed by atoms with Gasteiger partial charge in [0.2, 0.25) is 5.91 Å². The predicted octanol–water partition coefficient (Wildman–Crippen LogP) is 0.698. The summed E-state index contributed by atoms with van der Waals surface area (Å²) in [5.74, 6) is 0.467. The van der Waals surface area contributed by atoms with E-state index >= 15 is 0 Å². The summed E-state index contributed by atoms with van der Waals surface area (Å²) in [6.45, 7) is 2.18. The van der Waals surface area contributed by atoms with Gasteiger partial charge in [0.15, 0.2) is 0 Å². The Balaban J connectivity index is 1.93. The van der Waals surface area contributed by atoms with E-state index in [0.29, 0.717) is 24.5 Å². The molecule has 22 heavy (non-hydrogen) atoms. The highest BCUT2D eigenvalue weighted by Crippen LogP contribution is 2.11. The van der Waals surface area contributed by atoms with Crippen LogP contribution in [-0.2, 0) is 11.2 Å². The number of nitrogens with zero attached hydrogens (tertiary/aromatic N) is 1. The number of likely N-dealkylation sites (N-methyl/N-ethyl adjacent to an activating group) is 1. The van der Waals surface area contributed by atoms with Crippen LogP contribution in [-0.4, -0.2) is 29.5 Å². The normalized spacial score (nSPS) is 11.9. The Morgan fingerprint density at radius 3 is 2.68 bits per heavy atom. The molecule has 1 unspecified atom stereocenters. The fourth-order valence-electron chi connectivity index (χ4n) is 2.26. The van der Waals surface area contributed by atoms with Crippen LogP contribution in [0.5, 0.6) is 0 Å². The lowest BCUT2D eigenvalue weighted by atomic mass is 10.1. The van der Waals surface area contributed by atoms with Crippen molar-refractivity contribution in [2.24, 2.45) is 0 Å². The summed E-state index contributed by atoms with van der Waals surface area (Å²) in [7, 11) is 1.75. The highest BCUT2D eigenvalue weighted by molar-refractivity contribution is 5.83. The number of nitrogens with one attached hydrogen (secondary N) is 3. The van der Waals surface area contributed by atoms with Crippen LogP contribution in [0.4, 0.5) is 0 Å². The van der Waals surface area contributed by atoms with Crippen molar-refractivity contribution in [3.05, 3.63) is 63.8 Å². The summed E-state index contributed by atoms with van der Waals surface area (Å²) >= 11 is 0. The van der Waals surface area contributed by atoms with Gasteiger partial charge in [-0.05, 0) is 19.5 Å². The summed E-state index contributed by atoms with van der Waals surface area (Å²) < 4.78 is 0. The maximum absolute atomic E-state index is 12.2. The Labute approximate surface area is 129 Å². The zero-order chi connectivity index (χ0) is 15.9. The standard InChI is InChI=1S/C16H20N4O2/c1-11-10-14(21)20-13(19-11)8-9-18-16(22)15(17-2)12-6-4-3-5-7-12/h3-7,10,15,17H,8-9H2,1-2H3,(H,18,22)(H,19,20,21). The molecule has 2 aromatic rings. The number of carbonyl (C=O) groups excluding carboxylic acids is 1. The van der Waals surface area contributed by atoms with Gasteiger partial charge in [0.1, 0.15) is 11.9 Å². The Morgan fingerprint density at radius 2 is 2.05 bits per heavy atom. The van der Waals surface area contributed by atoms with E-state index < -0.39 is 6.04 Å². The van der Waals surface area contributed by atoms with Gasteiger partial charge in [0, 0.05) is 24.7 Å². The van der Waals surface area contributed by atoms with Crippen LogP contribution in [0.2, 0.25) is 0 Å². The quantitative estimate of drug-likeness (QED) is 0.733. The van der Waals surface area contributed by atoms with Crippen LogP contribution in [0.3, 0.4) is 0 Å². The monoisotopic (exact) mass is 300 g/mol. The lowest BCUT2D eigenvalue weighted by Gasteiger charge is -2.16. The van der Waals surface area contributed by atoms with Crippen molar-refractivity contribution in [1.29, 1.82) is 0 Å². The van der Waals surface area contributed by atoms with Crippen molar-refractivity contribution in [3.63, 3.8) is 0 Å². The number of aromatic amines is 1. The molecule has 0 aliphatic carbocycles. The van der Waals surface area contributed by atoms with Crippen molar-refractivity contribution in [2.45, 2.75) is 19.4 Å². The molecule has 0 saturated heterocycles. The van der Waals surface area contributed by atoms with Crippen LogP contribution in [0.25, 0.3) is 0 Å². The van der Waals surface area contributed by atoms with Crippen molar-refractivity contribution in [1.82, 2.24) is 20.6 Å². The van der Waals surface area contributed by atoms with Gasteiger partial charge in [-0.2, -0.15) is 0 Å². The lowest BCUT2D eigenvalue weighted by Crippen LogP contribution is -2.37. The van der Waals surface area contributed by atoms with Gasteiger partial charge in [-0.3, -0.25) is 9.59 Å². The minimum Gasteiger partial charge on any atom is -0.354 e. The van der Waals surface area contributed by atoms with Crippen LogP contribution in [0, 0.1) is 6.92 Å². The zero-order valence-electron chi connectivity index (χ0n) is 12.7. The molecule has 0 bridgehead atoms. The molecule has 0 saturated carbocycles. The van der Waals surface area contributed by atoms with Gasteiger partial charge in [0.05, 0.1) is 0 Å². The molecule has 0 fully saturated rings. The van der Waals surface area contributed by atoms with Crippen molar-refractivity contribution < 1.29 is 4.79 Å². The number of aryl methyl sites for hydroxylation is 1. The highest BCUT2D eigenvalue weighted by Gasteiger charge is 2.17. The fourth-order valence-corrected chi connectivity index (χ4v) is 2.26. The molecule has 2 rings (SSSR count). The van der Waals surface area contributed by atoms with Gasteiger partial charge in [-0.15, -0.1) is 0 Å². The van der Waals surface area contributed by atoms with Crippen LogP contribution >= 0.6 is 0 Å². The Bertz CT molecular complexity index is 682. The SMILES string of the molecule is CNC(C(=O)NCCc1nc(C)cc(=O)[nH]1)c1ccccc1. The minimum absolute atomic E-state index is 0.108. The first-order valence-electron chi connectivity index (χ1n) is 7.17. The second kappa shape index (κ2) is 7.51. The van der Waals surface area contributed by atoms with Gasteiger partial charge in [-0.1, -0.05) is 30.3 Å². The van der Waals surface area contributed by atoms with E-state index in [9.17, 15) is 9.59 Å². The van der Waals surface area contributed by atoms with E-state index in [2.05, 4.69) is 20.6 Å². The van der Waals surface area contributed by atoms with Crippen LogP contribution in [0.15, 0.2) is 41.2 Å².